The highest BCUT2D eigenvalue weighted by Crippen LogP contribution is 2.24. The summed E-state index contributed by atoms with van der Waals surface area (Å²) >= 11 is 0. The van der Waals surface area contributed by atoms with Gasteiger partial charge in [-0.15, -0.1) is 5.10 Å². The third-order valence-corrected chi connectivity index (χ3v) is 5.09. The maximum Gasteiger partial charge on any atom is 0.227 e. The van der Waals surface area contributed by atoms with Crippen molar-refractivity contribution in [3.63, 3.8) is 0 Å². The van der Waals surface area contributed by atoms with Crippen LogP contribution in [-0.2, 0) is 11.2 Å². The summed E-state index contributed by atoms with van der Waals surface area (Å²) in [6.07, 6.45) is 2.27. The zero-order valence-corrected chi connectivity index (χ0v) is 14.9. The number of carbonyl (C=O) groups excluding carboxylic acids is 1. The molecule has 0 bridgehead atoms. The van der Waals surface area contributed by atoms with Crippen LogP contribution in [0.4, 0.5) is 5.82 Å². The molecule has 2 heterocycles. The van der Waals surface area contributed by atoms with Gasteiger partial charge in [0.05, 0.1) is 12.6 Å². The number of aromatic nitrogens is 2. The molecule has 5 nitrogen and oxygen atoms in total. The van der Waals surface area contributed by atoms with Crippen molar-refractivity contribution in [3.05, 3.63) is 65.9 Å². The Kier molecular flexibility index (Phi) is 4.52. The van der Waals surface area contributed by atoms with Crippen LogP contribution in [0.25, 0.3) is 10.8 Å². The number of piperazine rings is 1. The van der Waals surface area contributed by atoms with Gasteiger partial charge in [0.25, 0.3) is 0 Å². The second-order valence-electron chi connectivity index (χ2n) is 6.73. The normalized spacial score (nSPS) is 14.7. The Bertz CT molecular complexity index is 927. The zero-order valence-electron chi connectivity index (χ0n) is 14.9. The Labute approximate surface area is 153 Å². The van der Waals surface area contributed by atoms with Crippen molar-refractivity contribution in [1.29, 1.82) is 0 Å². The van der Waals surface area contributed by atoms with E-state index in [9.17, 15) is 4.79 Å². The highest BCUT2D eigenvalue weighted by Gasteiger charge is 2.23. The maximum absolute atomic E-state index is 12.7. The minimum Gasteiger partial charge on any atom is -0.351 e. The van der Waals surface area contributed by atoms with E-state index in [0.717, 1.165) is 48.3 Å². The SMILES string of the molecule is Cc1ccccc1CC(=O)N1CCN(c2nncc3ccccc23)CC1. The first kappa shape index (κ1) is 16.5. The van der Waals surface area contributed by atoms with E-state index in [4.69, 9.17) is 0 Å². The summed E-state index contributed by atoms with van der Waals surface area (Å²) in [6, 6.07) is 16.3. The molecule has 1 saturated heterocycles. The molecule has 26 heavy (non-hydrogen) atoms. The topological polar surface area (TPSA) is 49.3 Å². The molecule has 1 aliphatic rings. The van der Waals surface area contributed by atoms with Crippen LogP contribution in [0.3, 0.4) is 0 Å². The summed E-state index contributed by atoms with van der Waals surface area (Å²) in [5, 5.41) is 10.7. The molecular formula is C21H22N4O. The zero-order chi connectivity index (χ0) is 17.9. The fourth-order valence-corrected chi connectivity index (χ4v) is 3.50. The van der Waals surface area contributed by atoms with Gasteiger partial charge in [-0.1, -0.05) is 48.5 Å². The van der Waals surface area contributed by atoms with Crippen LogP contribution in [-0.4, -0.2) is 47.2 Å². The molecule has 0 spiro atoms. The Balaban J connectivity index is 1.44. The molecule has 1 aliphatic heterocycles. The van der Waals surface area contributed by atoms with Crippen LogP contribution in [0.15, 0.2) is 54.7 Å². The third-order valence-electron chi connectivity index (χ3n) is 5.09. The van der Waals surface area contributed by atoms with Crippen molar-refractivity contribution in [2.24, 2.45) is 0 Å². The van der Waals surface area contributed by atoms with Crippen LogP contribution < -0.4 is 4.90 Å². The molecular weight excluding hydrogens is 324 g/mol. The number of rotatable bonds is 3. The van der Waals surface area contributed by atoms with Crippen LogP contribution >= 0.6 is 0 Å². The van der Waals surface area contributed by atoms with E-state index in [-0.39, 0.29) is 5.91 Å². The second-order valence-corrected chi connectivity index (χ2v) is 6.73. The predicted molar refractivity (Wildman–Crippen MR) is 103 cm³/mol. The van der Waals surface area contributed by atoms with Gasteiger partial charge >= 0.3 is 0 Å². The second kappa shape index (κ2) is 7.12. The lowest BCUT2D eigenvalue weighted by Crippen LogP contribution is -2.49. The summed E-state index contributed by atoms with van der Waals surface area (Å²) in [4.78, 5) is 16.8. The lowest BCUT2D eigenvalue weighted by atomic mass is 10.1. The van der Waals surface area contributed by atoms with Gasteiger partial charge in [-0.05, 0) is 18.1 Å². The van der Waals surface area contributed by atoms with Gasteiger partial charge in [0, 0.05) is 37.0 Å². The van der Waals surface area contributed by atoms with Crippen molar-refractivity contribution in [3.8, 4) is 0 Å². The molecule has 132 valence electrons. The molecule has 4 rings (SSSR count). The van der Waals surface area contributed by atoms with Gasteiger partial charge < -0.3 is 9.80 Å². The molecule has 1 amide bonds. The van der Waals surface area contributed by atoms with E-state index in [1.807, 2.05) is 35.2 Å². The first-order valence-corrected chi connectivity index (χ1v) is 9.00. The van der Waals surface area contributed by atoms with Crippen LogP contribution in [0.2, 0.25) is 0 Å². The van der Waals surface area contributed by atoms with Crippen LogP contribution in [0, 0.1) is 6.92 Å². The van der Waals surface area contributed by atoms with E-state index in [1.54, 1.807) is 6.20 Å². The number of fused-ring (bicyclic) bond motifs is 1. The highest BCUT2D eigenvalue weighted by molar-refractivity contribution is 5.91. The largest absolute Gasteiger partial charge is 0.351 e. The fraction of sp³-hybridized carbons (Fsp3) is 0.286. The van der Waals surface area contributed by atoms with Crippen LogP contribution in [0.5, 0.6) is 0 Å². The number of hydrogen-bond acceptors (Lipinski definition) is 4. The number of anilines is 1. The van der Waals surface area contributed by atoms with E-state index >= 15 is 0 Å². The molecule has 0 N–H and O–H groups in total. The van der Waals surface area contributed by atoms with Crippen molar-refractivity contribution in [2.45, 2.75) is 13.3 Å². The van der Waals surface area contributed by atoms with Gasteiger partial charge in [0.1, 0.15) is 0 Å². The van der Waals surface area contributed by atoms with Gasteiger partial charge in [-0.25, -0.2) is 0 Å². The molecule has 1 fully saturated rings. The van der Waals surface area contributed by atoms with Crippen molar-refractivity contribution < 1.29 is 4.79 Å². The number of amides is 1. The van der Waals surface area contributed by atoms with Gasteiger partial charge in [-0.2, -0.15) is 5.10 Å². The summed E-state index contributed by atoms with van der Waals surface area (Å²) in [6.45, 7) is 5.05. The Morgan fingerprint density at radius 1 is 1.00 bits per heavy atom. The summed E-state index contributed by atoms with van der Waals surface area (Å²) < 4.78 is 0. The molecule has 2 aromatic carbocycles. The molecule has 5 heteroatoms. The standard InChI is InChI=1S/C21H22N4O/c1-16-6-2-3-7-17(16)14-20(26)24-10-12-25(13-11-24)21-19-9-5-4-8-18(19)15-22-23-21/h2-9,15H,10-14H2,1H3. The molecule has 0 saturated carbocycles. The number of nitrogens with zero attached hydrogens (tertiary/aromatic N) is 4. The molecule has 1 aromatic heterocycles. The monoisotopic (exact) mass is 346 g/mol. The van der Waals surface area contributed by atoms with Gasteiger partial charge in [0.15, 0.2) is 5.82 Å². The fourth-order valence-electron chi connectivity index (χ4n) is 3.50. The quantitative estimate of drug-likeness (QED) is 0.732. The van der Waals surface area contributed by atoms with Crippen molar-refractivity contribution in [1.82, 2.24) is 15.1 Å². The van der Waals surface area contributed by atoms with Crippen molar-refractivity contribution >= 4 is 22.5 Å². The number of hydrogen-bond donors (Lipinski definition) is 0. The third kappa shape index (κ3) is 3.25. The number of benzene rings is 2. The van der Waals surface area contributed by atoms with Crippen LogP contribution in [0.1, 0.15) is 11.1 Å². The molecule has 0 aliphatic carbocycles. The number of aryl methyl sites for hydroxylation is 1. The molecule has 0 atom stereocenters. The Hall–Kier alpha value is -2.95. The highest BCUT2D eigenvalue weighted by atomic mass is 16.2. The first-order chi connectivity index (χ1) is 12.7. The predicted octanol–water partition coefficient (Wildman–Crippen LogP) is 2.83. The Morgan fingerprint density at radius 2 is 1.73 bits per heavy atom. The lowest BCUT2D eigenvalue weighted by molar-refractivity contribution is -0.130. The van der Waals surface area contributed by atoms with E-state index < -0.39 is 0 Å². The average Bonchev–Trinajstić information content (AvgIpc) is 2.69. The summed E-state index contributed by atoms with van der Waals surface area (Å²) in [5.74, 6) is 1.11. The first-order valence-electron chi connectivity index (χ1n) is 9.00. The summed E-state index contributed by atoms with van der Waals surface area (Å²) in [5.41, 5.74) is 2.28. The van der Waals surface area contributed by atoms with E-state index in [2.05, 4.69) is 40.2 Å². The number of carbonyl (C=O) groups is 1. The Morgan fingerprint density at radius 3 is 2.54 bits per heavy atom. The average molecular weight is 346 g/mol. The van der Waals surface area contributed by atoms with Crippen molar-refractivity contribution in [2.75, 3.05) is 31.1 Å². The molecule has 0 radical (unpaired) electrons. The maximum atomic E-state index is 12.7. The smallest absolute Gasteiger partial charge is 0.227 e. The lowest BCUT2D eigenvalue weighted by Gasteiger charge is -2.35. The minimum atomic E-state index is 0.197. The summed E-state index contributed by atoms with van der Waals surface area (Å²) in [7, 11) is 0. The molecule has 0 unspecified atom stereocenters. The van der Waals surface area contributed by atoms with Gasteiger partial charge in [-0.3, -0.25) is 4.79 Å². The van der Waals surface area contributed by atoms with E-state index in [1.165, 1.54) is 5.56 Å². The van der Waals surface area contributed by atoms with Gasteiger partial charge in [0.2, 0.25) is 5.91 Å². The molecule has 3 aromatic rings. The van der Waals surface area contributed by atoms with E-state index in [0.29, 0.717) is 6.42 Å². The minimum absolute atomic E-state index is 0.197.